The molecule has 154 valence electrons. The summed E-state index contributed by atoms with van der Waals surface area (Å²) in [4.78, 5) is 27.0. The number of amides is 2. The summed E-state index contributed by atoms with van der Waals surface area (Å²) in [5.41, 5.74) is 5.19. The second kappa shape index (κ2) is 8.46. The van der Waals surface area contributed by atoms with Gasteiger partial charge in [0.25, 0.3) is 11.1 Å². The van der Waals surface area contributed by atoms with Crippen LogP contribution in [0.4, 0.5) is 4.79 Å². The topological polar surface area (TPSA) is 66.1 Å². The third-order valence-electron chi connectivity index (χ3n) is 5.14. The Labute approximate surface area is 189 Å². The van der Waals surface area contributed by atoms with Crippen LogP contribution in [-0.4, -0.2) is 20.6 Å². The maximum Gasteiger partial charge on any atom is 0.293 e. The third-order valence-corrected chi connectivity index (χ3v) is 6.30. The highest BCUT2D eigenvalue weighted by atomic mass is 35.5. The number of aryl methyl sites for hydroxylation is 1. The molecule has 1 fully saturated rings. The molecule has 7 heteroatoms. The van der Waals surface area contributed by atoms with Crippen molar-refractivity contribution in [2.24, 2.45) is 0 Å². The number of aromatic nitrogens is 1. The number of nitriles is 1. The van der Waals surface area contributed by atoms with Crippen LogP contribution in [0.1, 0.15) is 28.1 Å². The Morgan fingerprint density at radius 3 is 2.39 bits per heavy atom. The van der Waals surface area contributed by atoms with Crippen molar-refractivity contribution in [1.82, 2.24) is 9.47 Å². The number of hydrogen-bond donors (Lipinski definition) is 0. The van der Waals surface area contributed by atoms with Gasteiger partial charge in [0.05, 0.1) is 23.1 Å². The molecule has 5 nitrogen and oxygen atoms in total. The molecular weight excluding hydrogens is 430 g/mol. The molecule has 0 spiro atoms. The van der Waals surface area contributed by atoms with Gasteiger partial charge in [0.2, 0.25) is 0 Å². The lowest BCUT2D eigenvalue weighted by Crippen LogP contribution is -2.27. The van der Waals surface area contributed by atoms with Gasteiger partial charge in [0.1, 0.15) is 0 Å². The third kappa shape index (κ3) is 4.15. The molecule has 3 aromatic rings. The van der Waals surface area contributed by atoms with Gasteiger partial charge in [0.15, 0.2) is 0 Å². The zero-order valence-electron chi connectivity index (χ0n) is 16.9. The summed E-state index contributed by atoms with van der Waals surface area (Å²) in [6.45, 7) is 4.16. The van der Waals surface area contributed by atoms with Crippen LogP contribution >= 0.6 is 23.4 Å². The lowest BCUT2D eigenvalue weighted by Gasteiger charge is -2.12. The molecule has 0 bridgehead atoms. The summed E-state index contributed by atoms with van der Waals surface area (Å²) < 4.78 is 2.06. The first-order valence-electron chi connectivity index (χ1n) is 9.56. The maximum atomic E-state index is 12.9. The van der Waals surface area contributed by atoms with E-state index in [1.165, 1.54) is 4.90 Å². The molecule has 1 aliphatic rings. The smallest absolute Gasteiger partial charge is 0.293 e. The van der Waals surface area contributed by atoms with Crippen LogP contribution < -0.4 is 0 Å². The fourth-order valence-electron chi connectivity index (χ4n) is 3.57. The highest BCUT2D eigenvalue weighted by Crippen LogP contribution is 2.34. The number of carbonyl (C=O) groups excluding carboxylic acids is 2. The second-order valence-corrected chi connectivity index (χ2v) is 8.64. The fraction of sp³-hybridized carbons (Fsp3) is 0.125. The molecule has 1 aliphatic heterocycles. The Morgan fingerprint density at radius 2 is 1.74 bits per heavy atom. The van der Waals surface area contributed by atoms with E-state index in [0.29, 0.717) is 15.5 Å². The van der Waals surface area contributed by atoms with Crippen LogP contribution in [0.25, 0.3) is 11.8 Å². The lowest BCUT2D eigenvalue weighted by atomic mass is 10.2. The monoisotopic (exact) mass is 447 g/mol. The molecule has 0 N–H and O–H groups in total. The number of thioether (sulfide) groups is 1. The molecule has 0 radical (unpaired) electrons. The van der Waals surface area contributed by atoms with E-state index in [2.05, 4.69) is 10.6 Å². The Morgan fingerprint density at radius 1 is 1.06 bits per heavy atom. The summed E-state index contributed by atoms with van der Waals surface area (Å²) >= 11 is 6.86. The van der Waals surface area contributed by atoms with E-state index in [-0.39, 0.29) is 17.7 Å². The molecule has 31 heavy (non-hydrogen) atoms. The summed E-state index contributed by atoms with van der Waals surface area (Å²) in [5.74, 6) is -0.298. The first-order valence-corrected chi connectivity index (χ1v) is 10.8. The molecule has 2 amide bonds. The molecule has 0 unspecified atom stereocenters. The van der Waals surface area contributed by atoms with E-state index < -0.39 is 0 Å². The van der Waals surface area contributed by atoms with Crippen LogP contribution in [-0.2, 0) is 11.3 Å². The number of halogens is 1. The summed E-state index contributed by atoms with van der Waals surface area (Å²) in [6.07, 6.45) is 1.77. The zero-order valence-corrected chi connectivity index (χ0v) is 18.5. The quantitative estimate of drug-likeness (QED) is 0.470. The van der Waals surface area contributed by atoms with E-state index in [9.17, 15) is 9.59 Å². The number of benzene rings is 2. The van der Waals surface area contributed by atoms with Gasteiger partial charge in [-0.2, -0.15) is 5.26 Å². The van der Waals surface area contributed by atoms with E-state index in [4.69, 9.17) is 16.9 Å². The van der Waals surface area contributed by atoms with Crippen LogP contribution in [0.15, 0.2) is 59.5 Å². The Bertz CT molecular complexity index is 1250. The predicted molar refractivity (Wildman–Crippen MR) is 123 cm³/mol. The maximum absolute atomic E-state index is 12.9. The Balaban J connectivity index is 1.61. The molecule has 0 atom stereocenters. The minimum absolute atomic E-state index is 0.212. The van der Waals surface area contributed by atoms with E-state index in [1.807, 2.05) is 32.0 Å². The van der Waals surface area contributed by atoms with Gasteiger partial charge >= 0.3 is 0 Å². The molecule has 0 saturated carbocycles. The van der Waals surface area contributed by atoms with Crippen LogP contribution in [0.5, 0.6) is 0 Å². The van der Waals surface area contributed by atoms with Gasteiger partial charge in [-0.05, 0) is 85.3 Å². The highest BCUT2D eigenvalue weighted by Gasteiger charge is 2.35. The Hall–Kier alpha value is -3.27. The molecule has 4 rings (SSSR count). The van der Waals surface area contributed by atoms with Gasteiger partial charge in [0, 0.05) is 22.1 Å². The highest BCUT2D eigenvalue weighted by molar-refractivity contribution is 8.18. The minimum Gasteiger partial charge on any atom is -0.318 e. The predicted octanol–water partition coefficient (Wildman–Crippen LogP) is 5.86. The van der Waals surface area contributed by atoms with E-state index >= 15 is 0 Å². The van der Waals surface area contributed by atoms with Gasteiger partial charge in [-0.1, -0.05) is 23.7 Å². The molecular formula is C24H18ClN3O2S. The van der Waals surface area contributed by atoms with E-state index in [1.54, 1.807) is 42.5 Å². The van der Waals surface area contributed by atoms with Gasteiger partial charge < -0.3 is 4.57 Å². The van der Waals surface area contributed by atoms with Crippen molar-refractivity contribution >= 4 is 40.6 Å². The normalized spacial score (nSPS) is 15.0. The SMILES string of the molecule is Cc1cc(/C=C2/SC(=O)N(Cc3ccc(Cl)cc3)C2=O)c(C)n1-c1ccc(C#N)cc1. The van der Waals surface area contributed by atoms with Crippen LogP contribution in [0.3, 0.4) is 0 Å². The molecule has 1 saturated heterocycles. The van der Waals surface area contributed by atoms with Crippen molar-refractivity contribution in [2.75, 3.05) is 0 Å². The number of rotatable bonds is 4. The summed E-state index contributed by atoms with van der Waals surface area (Å²) in [7, 11) is 0. The van der Waals surface area contributed by atoms with Gasteiger partial charge in [-0.15, -0.1) is 0 Å². The van der Waals surface area contributed by atoms with Crippen molar-refractivity contribution < 1.29 is 9.59 Å². The Kier molecular flexibility index (Phi) is 5.73. The number of carbonyl (C=O) groups is 2. The van der Waals surface area contributed by atoms with Crippen molar-refractivity contribution in [1.29, 1.82) is 5.26 Å². The largest absolute Gasteiger partial charge is 0.318 e. The molecule has 0 aliphatic carbocycles. The van der Waals surface area contributed by atoms with Crippen LogP contribution in [0, 0.1) is 25.2 Å². The molecule has 1 aromatic heterocycles. The standard InChI is InChI=1S/C24H18ClN3O2S/c1-15-11-19(16(2)28(15)21-9-5-17(13-26)6-10-21)12-22-23(29)27(24(30)31-22)14-18-3-7-20(25)8-4-18/h3-12H,14H2,1-2H3/b22-12+. The first-order chi connectivity index (χ1) is 14.9. The minimum atomic E-state index is -0.298. The number of hydrogen-bond acceptors (Lipinski definition) is 4. The van der Waals surface area contributed by atoms with Crippen molar-refractivity contribution in [3.8, 4) is 11.8 Å². The molecule has 2 heterocycles. The average Bonchev–Trinajstić information content (AvgIpc) is 3.19. The lowest BCUT2D eigenvalue weighted by molar-refractivity contribution is -0.123. The number of imide groups is 1. The first kappa shape index (κ1) is 21.0. The fourth-order valence-corrected chi connectivity index (χ4v) is 4.52. The average molecular weight is 448 g/mol. The zero-order chi connectivity index (χ0) is 22.1. The van der Waals surface area contributed by atoms with Crippen molar-refractivity contribution in [2.45, 2.75) is 20.4 Å². The summed E-state index contributed by atoms with van der Waals surface area (Å²) in [5, 5.41) is 9.33. The van der Waals surface area contributed by atoms with Crippen molar-refractivity contribution in [3.63, 3.8) is 0 Å². The van der Waals surface area contributed by atoms with Crippen molar-refractivity contribution in [3.05, 3.63) is 92.6 Å². The van der Waals surface area contributed by atoms with Gasteiger partial charge in [-0.25, -0.2) is 0 Å². The number of nitrogens with zero attached hydrogens (tertiary/aromatic N) is 3. The molecule has 2 aromatic carbocycles. The second-order valence-electron chi connectivity index (χ2n) is 7.21. The van der Waals surface area contributed by atoms with E-state index in [0.717, 1.165) is 40.0 Å². The summed E-state index contributed by atoms with van der Waals surface area (Å²) in [6, 6.07) is 18.5. The van der Waals surface area contributed by atoms with Gasteiger partial charge in [-0.3, -0.25) is 14.5 Å². The van der Waals surface area contributed by atoms with Crippen LogP contribution in [0.2, 0.25) is 5.02 Å².